The highest BCUT2D eigenvalue weighted by Gasteiger charge is 2.22. The summed E-state index contributed by atoms with van der Waals surface area (Å²) >= 11 is 3.30. The number of sulfonamides is 1. The van der Waals surface area contributed by atoms with Crippen molar-refractivity contribution in [3.05, 3.63) is 28.2 Å². The van der Waals surface area contributed by atoms with Crippen LogP contribution in [0, 0.1) is 12.8 Å². The summed E-state index contributed by atoms with van der Waals surface area (Å²) in [5, 5.41) is 0. The molecular weight excluding hydrogens is 302 g/mol. The first-order valence-corrected chi connectivity index (χ1v) is 8.02. The number of benzene rings is 1. The van der Waals surface area contributed by atoms with Crippen LogP contribution in [0.2, 0.25) is 0 Å². The summed E-state index contributed by atoms with van der Waals surface area (Å²) in [7, 11) is -3.36. The van der Waals surface area contributed by atoms with Gasteiger partial charge >= 0.3 is 0 Å². The second-order valence-corrected chi connectivity index (χ2v) is 7.21. The van der Waals surface area contributed by atoms with E-state index in [1.807, 2.05) is 19.1 Å². The van der Waals surface area contributed by atoms with Gasteiger partial charge in [0.05, 0.1) is 4.90 Å². The fourth-order valence-corrected chi connectivity index (χ4v) is 3.76. The highest BCUT2D eigenvalue weighted by Crippen LogP contribution is 2.26. The molecule has 3 nitrogen and oxygen atoms in total. The van der Waals surface area contributed by atoms with Crippen LogP contribution in [0.15, 0.2) is 27.6 Å². The maximum Gasteiger partial charge on any atom is 0.240 e. The topological polar surface area (TPSA) is 46.2 Å². The SMILES string of the molecule is Cc1ccc(Br)cc1S(=O)(=O)NCC1CCC1. The van der Waals surface area contributed by atoms with E-state index in [9.17, 15) is 8.42 Å². The molecule has 0 atom stereocenters. The van der Waals surface area contributed by atoms with Gasteiger partial charge in [0.25, 0.3) is 0 Å². The highest BCUT2D eigenvalue weighted by atomic mass is 79.9. The van der Waals surface area contributed by atoms with Crippen molar-refractivity contribution in [2.45, 2.75) is 31.1 Å². The lowest BCUT2D eigenvalue weighted by atomic mass is 9.86. The molecule has 1 aliphatic rings. The molecule has 0 radical (unpaired) electrons. The smallest absolute Gasteiger partial charge is 0.211 e. The van der Waals surface area contributed by atoms with Crippen molar-refractivity contribution < 1.29 is 8.42 Å². The van der Waals surface area contributed by atoms with Crippen LogP contribution in [0.1, 0.15) is 24.8 Å². The number of nitrogens with one attached hydrogen (secondary N) is 1. The van der Waals surface area contributed by atoms with E-state index >= 15 is 0 Å². The number of halogens is 1. The molecule has 0 bridgehead atoms. The van der Waals surface area contributed by atoms with Gasteiger partial charge in [0, 0.05) is 11.0 Å². The van der Waals surface area contributed by atoms with Crippen molar-refractivity contribution in [2.75, 3.05) is 6.54 Å². The molecule has 1 N–H and O–H groups in total. The quantitative estimate of drug-likeness (QED) is 0.928. The molecule has 0 heterocycles. The minimum atomic E-state index is -3.36. The van der Waals surface area contributed by atoms with Gasteiger partial charge in [-0.05, 0) is 43.4 Å². The minimum Gasteiger partial charge on any atom is -0.211 e. The number of aryl methyl sites for hydroxylation is 1. The Kier molecular flexibility index (Phi) is 3.90. The summed E-state index contributed by atoms with van der Waals surface area (Å²) in [6, 6.07) is 5.31. The number of hydrogen-bond donors (Lipinski definition) is 1. The summed E-state index contributed by atoms with van der Waals surface area (Å²) in [6.07, 6.45) is 3.50. The van der Waals surface area contributed by atoms with E-state index in [-0.39, 0.29) is 0 Å². The third-order valence-electron chi connectivity index (χ3n) is 3.23. The molecule has 0 saturated heterocycles. The third-order valence-corrected chi connectivity index (χ3v) is 5.29. The Morgan fingerprint density at radius 2 is 2.12 bits per heavy atom. The van der Waals surface area contributed by atoms with Crippen LogP contribution in [0.4, 0.5) is 0 Å². The Hall–Kier alpha value is -0.390. The second kappa shape index (κ2) is 5.08. The van der Waals surface area contributed by atoms with Gasteiger partial charge < -0.3 is 0 Å². The van der Waals surface area contributed by atoms with Gasteiger partial charge in [0.2, 0.25) is 10.0 Å². The zero-order chi connectivity index (χ0) is 12.5. The molecule has 17 heavy (non-hydrogen) atoms. The largest absolute Gasteiger partial charge is 0.240 e. The molecule has 5 heteroatoms. The summed E-state index contributed by atoms with van der Waals surface area (Å²) in [6.45, 7) is 2.37. The molecule has 1 aromatic rings. The standard InChI is InChI=1S/C12H16BrNO2S/c1-9-5-6-11(13)7-12(9)17(15,16)14-8-10-3-2-4-10/h5-7,10,14H,2-4,8H2,1H3. The molecule has 0 aliphatic heterocycles. The van der Waals surface area contributed by atoms with E-state index < -0.39 is 10.0 Å². The van der Waals surface area contributed by atoms with Crippen LogP contribution in [0.3, 0.4) is 0 Å². The van der Waals surface area contributed by atoms with Gasteiger partial charge in [-0.25, -0.2) is 13.1 Å². The lowest BCUT2D eigenvalue weighted by molar-refractivity contribution is 0.316. The molecule has 0 aromatic heterocycles. The van der Waals surface area contributed by atoms with E-state index in [0.29, 0.717) is 17.4 Å². The van der Waals surface area contributed by atoms with Crippen LogP contribution in [0.5, 0.6) is 0 Å². The number of rotatable bonds is 4. The lowest BCUT2D eigenvalue weighted by Gasteiger charge is -2.25. The van der Waals surface area contributed by atoms with Crippen molar-refractivity contribution in [1.82, 2.24) is 4.72 Å². The van der Waals surface area contributed by atoms with Crippen molar-refractivity contribution in [1.29, 1.82) is 0 Å². The molecule has 94 valence electrons. The average Bonchev–Trinajstić information content (AvgIpc) is 2.19. The summed E-state index contributed by atoms with van der Waals surface area (Å²) < 4.78 is 27.7. The Morgan fingerprint density at radius 1 is 1.41 bits per heavy atom. The van der Waals surface area contributed by atoms with Crippen LogP contribution < -0.4 is 4.72 Å². The van der Waals surface area contributed by atoms with E-state index in [1.54, 1.807) is 6.07 Å². The Morgan fingerprint density at radius 3 is 2.71 bits per heavy atom. The maximum atomic E-state index is 12.1. The Balaban J connectivity index is 2.15. The monoisotopic (exact) mass is 317 g/mol. The highest BCUT2D eigenvalue weighted by molar-refractivity contribution is 9.10. The van der Waals surface area contributed by atoms with Gasteiger partial charge in [-0.3, -0.25) is 0 Å². The van der Waals surface area contributed by atoms with Gasteiger partial charge in [0.15, 0.2) is 0 Å². The van der Waals surface area contributed by atoms with Crippen molar-refractivity contribution >= 4 is 26.0 Å². The first-order chi connectivity index (χ1) is 7.99. The predicted octanol–water partition coefficient (Wildman–Crippen LogP) is 2.84. The minimum absolute atomic E-state index is 0.367. The molecule has 2 rings (SSSR count). The van der Waals surface area contributed by atoms with E-state index in [4.69, 9.17) is 0 Å². The van der Waals surface area contributed by atoms with Crippen molar-refractivity contribution in [2.24, 2.45) is 5.92 Å². The van der Waals surface area contributed by atoms with Gasteiger partial charge in [0.1, 0.15) is 0 Å². The van der Waals surface area contributed by atoms with E-state index in [2.05, 4.69) is 20.7 Å². The van der Waals surface area contributed by atoms with Gasteiger partial charge in [-0.2, -0.15) is 0 Å². The predicted molar refractivity (Wildman–Crippen MR) is 71.4 cm³/mol. The van der Waals surface area contributed by atoms with Crippen molar-refractivity contribution in [3.63, 3.8) is 0 Å². The number of hydrogen-bond acceptors (Lipinski definition) is 2. The summed E-state index contributed by atoms with van der Waals surface area (Å²) in [4.78, 5) is 0.367. The van der Waals surface area contributed by atoms with Crippen LogP contribution in [0.25, 0.3) is 0 Å². The maximum absolute atomic E-state index is 12.1. The first kappa shape index (κ1) is 13.1. The lowest BCUT2D eigenvalue weighted by Crippen LogP contribution is -2.32. The zero-order valence-electron chi connectivity index (χ0n) is 9.74. The molecule has 1 aliphatic carbocycles. The second-order valence-electron chi connectivity index (χ2n) is 4.56. The third kappa shape index (κ3) is 3.09. The Bertz CT molecular complexity index is 509. The Labute approximate surface area is 111 Å². The molecule has 0 spiro atoms. The van der Waals surface area contributed by atoms with Gasteiger partial charge in [-0.15, -0.1) is 0 Å². The summed E-state index contributed by atoms with van der Waals surface area (Å²) in [5.41, 5.74) is 0.773. The fraction of sp³-hybridized carbons (Fsp3) is 0.500. The zero-order valence-corrected chi connectivity index (χ0v) is 12.1. The molecule has 1 fully saturated rings. The van der Waals surface area contributed by atoms with Crippen LogP contribution in [-0.4, -0.2) is 15.0 Å². The molecule has 1 saturated carbocycles. The fourth-order valence-electron chi connectivity index (χ4n) is 1.87. The normalized spacial score (nSPS) is 16.8. The van der Waals surface area contributed by atoms with Crippen molar-refractivity contribution in [3.8, 4) is 0 Å². The van der Waals surface area contributed by atoms with Gasteiger partial charge in [-0.1, -0.05) is 28.4 Å². The summed E-state index contributed by atoms with van der Waals surface area (Å²) in [5.74, 6) is 0.525. The average molecular weight is 318 g/mol. The van der Waals surface area contributed by atoms with E-state index in [1.165, 1.54) is 6.42 Å². The molecule has 1 aromatic carbocycles. The first-order valence-electron chi connectivity index (χ1n) is 5.75. The van der Waals surface area contributed by atoms with Crippen LogP contribution in [-0.2, 0) is 10.0 Å². The molecule has 0 amide bonds. The molecule has 0 unspecified atom stereocenters. The van der Waals surface area contributed by atoms with E-state index in [0.717, 1.165) is 22.9 Å². The molecular formula is C12H16BrNO2S. The van der Waals surface area contributed by atoms with Crippen LogP contribution >= 0.6 is 15.9 Å².